The van der Waals surface area contributed by atoms with Crippen molar-refractivity contribution in [2.75, 3.05) is 0 Å². The van der Waals surface area contributed by atoms with Gasteiger partial charge >= 0.3 is 5.97 Å². The molecule has 0 saturated carbocycles. The van der Waals surface area contributed by atoms with E-state index in [0.717, 1.165) is 11.1 Å². The number of carboxylic acids is 1. The Kier molecular flexibility index (Phi) is 3.94. The molecule has 1 aliphatic carbocycles. The first kappa shape index (κ1) is 15.7. The van der Waals surface area contributed by atoms with E-state index in [2.05, 4.69) is 4.98 Å². The lowest BCUT2D eigenvalue weighted by atomic mass is 9.78. The van der Waals surface area contributed by atoms with Crippen LogP contribution < -0.4 is 0 Å². The SMILES string of the molecule is Cc1c(F)cccc1C1(C(=O)O)C=C(c2cncc(Cl)c2)CC1. The molecule has 3 nitrogen and oxygen atoms in total. The zero-order valence-electron chi connectivity index (χ0n) is 12.5. The highest BCUT2D eigenvalue weighted by molar-refractivity contribution is 6.30. The fourth-order valence-corrected chi connectivity index (χ4v) is 3.35. The Hall–Kier alpha value is -2.20. The molecule has 1 N–H and O–H groups in total. The van der Waals surface area contributed by atoms with Crippen LogP contribution in [0.4, 0.5) is 4.39 Å². The molecular formula is C18H15ClFNO2. The molecule has 1 unspecified atom stereocenters. The summed E-state index contributed by atoms with van der Waals surface area (Å²) in [6.07, 6.45) is 5.86. The Morgan fingerprint density at radius 2 is 2.17 bits per heavy atom. The van der Waals surface area contributed by atoms with Crippen molar-refractivity contribution in [3.05, 3.63) is 70.3 Å². The highest BCUT2D eigenvalue weighted by Crippen LogP contribution is 2.44. The fraction of sp³-hybridized carbons (Fsp3) is 0.222. The van der Waals surface area contributed by atoms with Gasteiger partial charge in [0, 0.05) is 12.4 Å². The van der Waals surface area contributed by atoms with E-state index in [1.807, 2.05) is 0 Å². The van der Waals surface area contributed by atoms with Gasteiger partial charge in [-0.05, 0) is 54.2 Å². The van der Waals surface area contributed by atoms with Crippen molar-refractivity contribution in [3.8, 4) is 0 Å². The van der Waals surface area contributed by atoms with E-state index in [0.29, 0.717) is 29.0 Å². The third-order valence-electron chi connectivity index (χ3n) is 4.41. The van der Waals surface area contributed by atoms with Gasteiger partial charge in [0.1, 0.15) is 11.2 Å². The van der Waals surface area contributed by atoms with Gasteiger partial charge in [-0.2, -0.15) is 0 Å². The number of halogens is 2. The third-order valence-corrected chi connectivity index (χ3v) is 4.62. The molecule has 0 bridgehead atoms. The molecule has 1 atom stereocenters. The molecule has 1 heterocycles. The minimum absolute atomic E-state index is 0.372. The van der Waals surface area contributed by atoms with Crippen LogP contribution >= 0.6 is 11.6 Å². The van der Waals surface area contributed by atoms with Gasteiger partial charge in [-0.15, -0.1) is 0 Å². The first-order valence-electron chi connectivity index (χ1n) is 7.26. The number of rotatable bonds is 3. The standard InChI is InChI=1S/C18H15ClFNO2/c1-11-15(3-2-4-16(11)20)18(17(22)23)6-5-12(8-18)13-7-14(19)10-21-9-13/h2-4,7-10H,5-6H2,1H3,(H,22,23). The Morgan fingerprint density at radius 1 is 1.39 bits per heavy atom. The molecule has 3 rings (SSSR count). The molecule has 0 amide bonds. The number of aliphatic carboxylic acids is 1. The van der Waals surface area contributed by atoms with Gasteiger partial charge in [-0.1, -0.05) is 29.8 Å². The van der Waals surface area contributed by atoms with Crippen molar-refractivity contribution < 1.29 is 14.3 Å². The summed E-state index contributed by atoms with van der Waals surface area (Å²) in [5, 5.41) is 10.3. The van der Waals surface area contributed by atoms with E-state index in [9.17, 15) is 14.3 Å². The van der Waals surface area contributed by atoms with Crippen molar-refractivity contribution in [3.63, 3.8) is 0 Å². The summed E-state index contributed by atoms with van der Waals surface area (Å²) in [5.74, 6) is -1.37. The highest BCUT2D eigenvalue weighted by atomic mass is 35.5. The summed E-state index contributed by atoms with van der Waals surface area (Å²) in [4.78, 5) is 16.1. The number of benzene rings is 1. The molecule has 1 aromatic heterocycles. The van der Waals surface area contributed by atoms with E-state index < -0.39 is 17.2 Å². The lowest BCUT2D eigenvalue weighted by molar-refractivity contribution is -0.141. The van der Waals surface area contributed by atoms with Gasteiger partial charge < -0.3 is 5.11 Å². The fourth-order valence-electron chi connectivity index (χ4n) is 3.18. The molecule has 0 radical (unpaired) electrons. The topological polar surface area (TPSA) is 50.2 Å². The molecule has 1 aromatic carbocycles. The van der Waals surface area contributed by atoms with Gasteiger partial charge in [-0.3, -0.25) is 9.78 Å². The van der Waals surface area contributed by atoms with Gasteiger partial charge in [0.25, 0.3) is 0 Å². The second-order valence-electron chi connectivity index (χ2n) is 5.75. The van der Waals surface area contributed by atoms with E-state index in [1.165, 1.54) is 12.3 Å². The summed E-state index contributed by atoms with van der Waals surface area (Å²) in [6, 6.07) is 6.34. The Morgan fingerprint density at radius 3 is 2.87 bits per heavy atom. The molecule has 0 fully saturated rings. The predicted octanol–water partition coefficient (Wildman–Crippen LogP) is 4.38. The average Bonchev–Trinajstić information content (AvgIpc) is 2.96. The average molecular weight is 332 g/mol. The smallest absolute Gasteiger partial charge is 0.318 e. The molecule has 1 aliphatic rings. The lowest BCUT2D eigenvalue weighted by Crippen LogP contribution is -2.32. The second-order valence-corrected chi connectivity index (χ2v) is 6.19. The maximum Gasteiger partial charge on any atom is 0.318 e. The number of carbonyl (C=O) groups is 1. The van der Waals surface area contributed by atoms with Crippen molar-refractivity contribution in [2.24, 2.45) is 0 Å². The predicted molar refractivity (Wildman–Crippen MR) is 86.9 cm³/mol. The Labute approximate surface area is 138 Å². The van der Waals surface area contributed by atoms with E-state index in [1.54, 1.807) is 37.4 Å². The quantitative estimate of drug-likeness (QED) is 0.907. The lowest BCUT2D eigenvalue weighted by Gasteiger charge is -2.24. The summed E-state index contributed by atoms with van der Waals surface area (Å²) in [6.45, 7) is 1.61. The van der Waals surface area contributed by atoms with Crippen LogP contribution in [-0.4, -0.2) is 16.1 Å². The van der Waals surface area contributed by atoms with Crippen molar-refractivity contribution in [1.82, 2.24) is 4.98 Å². The first-order chi connectivity index (χ1) is 10.9. The van der Waals surface area contributed by atoms with Crippen molar-refractivity contribution in [1.29, 1.82) is 0 Å². The van der Waals surface area contributed by atoms with E-state index in [4.69, 9.17) is 11.6 Å². The number of hydrogen-bond acceptors (Lipinski definition) is 2. The van der Waals surface area contributed by atoms with Gasteiger partial charge in [0.15, 0.2) is 0 Å². The molecule has 5 heteroatoms. The van der Waals surface area contributed by atoms with Crippen LogP contribution in [0, 0.1) is 12.7 Å². The number of carboxylic acid groups (broad SMARTS) is 1. The Balaban J connectivity index is 2.14. The van der Waals surface area contributed by atoms with E-state index >= 15 is 0 Å². The van der Waals surface area contributed by atoms with Gasteiger partial charge in [0.2, 0.25) is 0 Å². The van der Waals surface area contributed by atoms with Crippen LogP contribution in [0.2, 0.25) is 5.02 Å². The van der Waals surface area contributed by atoms with Crippen LogP contribution in [0.1, 0.15) is 29.5 Å². The third kappa shape index (κ3) is 2.63. The maximum atomic E-state index is 13.9. The maximum absolute atomic E-state index is 13.9. The van der Waals surface area contributed by atoms with Crippen LogP contribution in [-0.2, 0) is 10.2 Å². The van der Waals surface area contributed by atoms with Crippen molar-refractivity contribution in [2.45, 2.75) is 25.2 Å². The molecule has 0 spiro atoms. The van der Waals surface area contributed by atoms with Crippen LogP contribution in [0.25, 0.3) is 5.57 Å². The zero-order valence-corrected chi connectivity index (χ0v) is 13.3. The summed E-state index contributed by atoms with van der Waals surface area (Å²) >= 11 is 5.96. The molecule has 118 valence electrons. The summed E-state index contributed by atoms with van der Waals surface area (Å²) < 4.78 is 13.9. The number of nitrogens with zero attached hydrogens (tertiary/aromatic N) is 1. The monoisotopic (exact) mass is 331 g/mol. The second kappa shape index (κ2) is 5.78. The summed E-state index contributed by atoms with van der Waals surface area (Å²) in [5.41, 5.74) is 1.32. The minimum atomic E-state index is -1.22. The first-order valence-corrected chi connectivity index (χ1v) is 7.63. The molecule has 23 heavy (non-hydrogen) atoms. The number of aromatic nitrogens is 1. The van der Waals surface area contributed by atoms with Crippen LogP contribution in [0.3, 0.4) is 0 Å². The Bertz CT molecular complexity index is 818. The van der Waals surface area contributed by atoms with Crippen molar-refractivity contribution >= 4 is 23.1 Å². The summed E-state index contributed by atoms with van der Waals surface area (Å²) in [7, 11) is 0. The van der Waals surface area contributed by atoms with Crippen LogP contribution in [0.15, 0.2) is 42.7 Å². The number of pyridine rings is 1. The number of hydrogen-bond donors (Lipinski definition) is 1. The van der Waals surface area contributed by atoms with Gasteiger partial charge in [-0.25, -0.2) is 4.39 Å². The highest BCUT2D eigenvalue weighted by Gasteiger charge is 2.43. The molecule has 0 aliphatic heterocycles. The molecule has 2 aromatic rings. The van der Waals surface area contributed by atoms with E-state index in [-0.39, 0.29) is 0 Å². The minimum Gasteiger partial charge on any atom is -0.480 e. The largest absolute Gasteiger partial charge is 0.480 e. The van der Waals surface area contributed by atoms with Crippen LogP contribution in [0.5, 0.6) is 0 Å². The van der Waals surface area contributed by atoms with Gasteiger partial charge in [0.05, 0.1) is 5.02 Å². The normalized spacial score (nSPS) is 20.4. The molecule has 0 saturated heterocycles. The zero-order chi connectivity index (χ0) is 16.6. The number of allylic oxidation sites excluding steroid dienone is 1. The molecular weight excluding hydrogens is 317 g/mol.